The Kier molecular flexibility index (Phi) is 4.34. The van der Waals surface area contributed by atoms with Crippen LogP contribution in [0, 0.1) is 23.7 Å². The monoisotopic (exact) mass is 379 g/mol. The summed E-state index contributed by atoms with van der Waals surface area (Å²) in [7, 11) is 0. The Morgan fingerprint density at radius 1 is 0.929 bits per heavy atom. The minimum Gasteiger partial charge on any atom is -0.302 e. The van der Waals surface area contributed by atoms with Crippen molar-refractivity contribution >= 4 is 0 Å². The summed E-state index contributed by atoms with van der Waals surface area (Å²) < 4.78 is 2.02. The molecule has 4 saturated carbocycles. The molecule has 1 heterocycles. The van der Waals surface area contributed by atoms with Crippen LogP contribution in [-0.2, 0) is 5.54 Å². The molecule has 0 spiro atoms. The van der Waals surface area contributed by atoms with Gasteiger partial charge in [0.25, 0.3) is 0 Å². The van der Waals surface area contributed by atoms with E-state index in [4.69, 9.17) is 0 Å². The molecule has 2 aromatic rings. The lowest BCUT2D eigenvalue weighted by atomic mass is 9.48. The van der Waals surface area contributed by atoms with Gasteiger partial charge in [-0.15, -0.1) is 5.10 Å². The zero-order chi connectivity index (χ0) is 19.5. The molecule has 28 heavy (non-hydrogen) atoms. The van der Waals surface area contributed by atoms with E-state index in [1.165, 1.54) is 37.7 Å². The fourth-order valence-corrected chi connectivity index (χ4v) is 6.69. The van der Waals surface area contributed by atoms with Crippen LogP contribution in [0.2, 0.25) is 0 Å². The molecule has 1 aromatic heterocycles. The zero-order valence-corrected chi connectivity index (χ0v) is 17.6. The second-order valence-corrected chi connectivity index (χ2v) is 10.1. The standard InChI is InChI=1S/C23H33N5/c1-14(2)18-5-7-21(8-6-18)28-22(25-26-27-28)23(24-15(3)4)19-10-16-9-17(12-19)13-20(23)11-16/h5-8,14-17,19-20,24H,9-13H2,1-4H3. The summed E-state index contributed by atoms with van der Waals surface area (Å²) in [4.78, 5) is 0. The van der Waals surface area contributed by atoms with Gasteiger partial charge in [0.1, 0.15) is 0 Å². The van der Waals surface area contributed by atoms with E-state index in [2.05, 4.69) is 72.8 Å². The largest absolute Gasteiger partial charge is 0.302 e. The molecule has 4 aliphatic carbocycles. The molecular weight excluding hydrogens is 346 g/mol. The van der Waals surface area contributed by atoms with Gasteiger partial charge in [-0.3, -0.25) is 0 Å². The van der Waals surface area contributed by atoms with Crippen molar-refractivity contribution < 1.29 is 0 Å². The van der Waals surface area contributed by atoms with Crippen molar-refractivity contribution in [3.8, 4) is 5.69 Å². The van der Waals surface area contributed by atoms with Gasteiger partial charge in [0.15, 0.2) is 5.82 Å². The van der Waals surface area contributed by atoms with Crippen LogP contribution < -0.4 is 5.32 Å². The highest BCUT2D eigenvalue weighted by molar-refractivity contribution is 5.37. The van der Waals surface area contributed by atoms with E-state index in [0.717, 1.165) is 23.3 Å². The number of nitrogens with zero attached hydrogens (tertiary/aromatic N) is 4. The Bertz CT molecular complexity index is 807. The minimum atomic E-state index is -0.0954. The summed E-state index contributed by atoms with van der Waals surface area (Å²) in [6.07, 6.45) is 6.75. The fraction of sp³-hybridized carbons (Fsp3) is 0.696. The van der Waals surface area contributed by atoms with E-state index in [1.807, 2.05) is 4.68 Å². The Morgan fingerprint density at radius 2 is 1.54 bits per heavy atom. The van der Waals surface area contributed by atoms with E-state index in [-0.39, 0.29) is 5.54 Å². The zero-order valence-electron chi connectivity index (χ0n) is 17.6. The number of benzene rings is 1. The second-order valence-electron chi connectivity index (χ2n) is 10.1. The highest BCUT2D eigenvalue weighted by Crippen LogP contribution is 2.61. The average molecular weight is 380 g/mol. The van der Waals surface area contributed by atoms with Gasteiger partial charge in [0.2, 0.25) is 0 Å². The fourth-order valence-electron chi connectivity index (χ4n) is 6.69. The maximum atomic E-state index is 4.66. The van der Waals surface area contributed by atoms with Gasteiger partial charge in [-0.2, -0.15) is 4.68 Å². The average Bonchev–Trinajstić information content (AvgIpc) is 3.14. The first kappa shape index (κ1) is 18.3. The summed E-state index contributed by atoms with van der Waals surface area (Å²) in [5, 5.41) is 17.3. The van der Waals surface area contributed by atoms with Crippen LogP contribution in [0.5, 0.6) is 0 Å². The molecule has 0 amide bonds. The van der Waals surface area contributed by atoms with Crippen molar-refractivity contribution in [1.29, 1.82) is 0 Å². The lowest BCUT2D eigenvalue weighted by Gasteiger charge is -2.61. The maximum Gasteiger partial charge on any atom is 0.177 e. The molecule has 1 N–H and O–H groups in total. The first-order valence-electron chi connectivity index (χ1n) is 11.1. The smallest absolute Gasteiger partial charge is 0.177 e. The van der Waals surface area contributed by atoms with Gasteiger partial charge < -0.3 is 5.32 Å². The van der Waals surface area contributed by atoms with Gasteiger partial charge >= 0.3 is 0 Å². The van der Waals surface area contributed by atoms with E-state index >= 15 is 0 Å². The number of aromatic nitrogens is 4. The quantitative estimate of drug-likeness (QED) is 0.835. The third-order valence-electron chi connectivity index (χ3n) is 7.60. The van der Waals surface area contributed by atoms with Crippen LogP contribution in [0.15, 0.2) is 24.3 Å². The minimum absolute atomic E-state index is 0.0954. The van der Waals surface area contributed by atoms with Gasteiger partial charge in [-0.05, 0) is 104 Å². The molecule has 0 unspecified atom stereocenters. The number of hydrogen-bond acceptors (Lipinski definition) is 4. The molecule has 5 nitrogen and oxygen atoms in total. The Balaban J connectivity index is 1.59. The van der Waals surface area contributed by atoms with Crippen molar-refractivity contribution in [3.63, 3.8) is 0 Å². The summed E-state index contributed by atoms with van der Waals surface area (Å²) in [5.41, 5.74) is 2.33. The molecular formula is C23H33N5. The summed E-state index contributed by atoms with van der Waals surface area (Å²) in [6.45, 7) is 8.98. The molecule has 4 fully saturated rings. The number of nitrogens with one attached hydrogen (secondary N) is 1. The second kappa shape index (κ2) is 6.65. The summed E-state index contributed by atoms with van der Waals surface area (Å²) >= 11 is 0. The maximum absolute atomic E-state index is 4.66. The molecule has 0 radical (unpaired) electrons. The molecule has 150 valence electrons. The molecule has 4 bridgehead atoms. The first-order chi connectivity index (χ1) is 13.5. The van der Waals surface area contributed by atoms with Crippen molar-refractivity contribution in [1.82, 2.24) is 25.5 Å². The van der Waals surface area contributed by atoms with Crippen molar-refractivity contribution in [2.24, 2.45) is 23.7 Å². The molecule has 0 aliphatic heterocycles. The van der Waals surface area contributed by atoms with E-state index in [9.17, 15) is 0 Å². The van der Waals surface area contributed by atoms with Crippen LogP contribution in [-0.4, -0.2) is 26.2 Å². The Hall–Kier alpha value is -1.75. The highest BCUT2D eigenvalue weighted by atomic mass is 15.6. The molecule has 0 atom stereocenters. The van der Waals surface area contributed by atoms with Crippen molar-refractivity contribution in [2.45, 2.75) is 77.3 Å². The lowest BCUT2D eigenvalue weighted by Crippen LogP contribution is -2.64. The third-order valence-corrected chi connectivity index (χ3v) is 7.60. The topological polar surface area (TPSA) is 55.6 Å². The Labute approximate surface area is 168 Å². The van der Waals surface area contributed by atoms with Crippen LogP contribution in [0.1, 0.15) is 77.1 Å². The number of tetrazole rings is 1. The van der Waals surface area contributed by atoms with E-state index < -0.39 is 0 Å². The van der Waals surface area contributed by atoms with Crippen LogP contribution in [0.3, 0.4) is 0 Å². The SMILES string of the molecule is CC(C)NC1(c2nnnn2-c2ccc(C(C)C)cc2)C2CC3CC(C2)CC1C3. The molecule has 5 heteroatoms. The van der Waals surface area contributed by atoms with Gasteiger partial charge in [0.05, 0.1) is 11.2 Å². The van der Waals surface area contributed by atoms with Crippen molar-refractivity contribution in [3.05, 3.63) is 35.7 Å². The molecule has 4 aliphatic rings. The number of rotatable bonds is 5. The molecule has 6 rings (SSSR count). The van der Waals surface area contributed by atoms with Crippen LogP contribution in [0.4, 0.5) is 0 Å². The van der Waals surface area contributed by atoms with Gasteiger partial charge in [0, 0.05) is 6.04 Å². The predicted octanol–water partition coefficient (Wildman–Crippen LogP) is 4.44. The Morgan fingerprint density at radius 3 is 2.07 bits per heavy atom. The molecule has 1 aromatic carbocycles. The highest BCUT2D eigenvalue weighted by Gasteiger charge is 2.60. The van der Waals surface area contributed by atoms with Crippen molar-refractivity contribution in [2.75, 3.05) is 0 Å². The molecule has 0 saturated heterocycles. The van der Waals surface area contributed by atoms with E-state index in [1.54, 1.807) is 0 Å². The van der Waals surface area contributed by atoms with Crippen LogP contribution >= 0.6 is 0 Å². The van der Waals surface area contributed by atoms with Crippen LogP contribution in [0.25, 0.3) is 5.69 Å². The van der Waals surface area contributed by atoms with Gasteiger partial charge in [-0.25, -0.2) is 0 Å². The lowest BCUT2D eigenvalue weighted by molar-refractivity contribution is -0.0864. The van der Waals surface area contributed by atoms with E-state index in [0.29, 0.717) is 23.8 Å². The number of hydrogen-bond donors (Lipinski definition) is 1. The first-order valence-corrected chi connectivity index (χ1v) is 11.1. The normalized spacial score (nSPS) is 33.9. The summed E-state index contributed by atoms with van der Waals surface area (Å²) in [6, 6.07) is 9.18. The van der Waals surface area contributed by atoms with Gasteiger partial charge in [-0.1, -0.05) is 26.0 Å². The third kappa shape index (κ3) is 2.73. The summed E-state index contributed by atoms with van der Waals surface area (Å²) in [5.74, 6) is 4.68. The predicted molar refractivity (Wildman–Crippen MR) is 110 cm³/mol.